The van der Waals surface area contributed by atoms with Crippen LogP contribution < -0.4 is 5.32 Å². The Morgan fingerprint density at radius 1 is 1.89 bits per heavy atom. The minimum atomic E-state index is -0.0857. The van der Waals surface area contributed by atoms with Crippen molar-refractivity contribution in [1.82, 2.24) is 5.32 Å². The molecular formula is C6H9BrN2. The third kappa shape index (κ3) is 5.54. The van der Waals surface area contributed by atoms with E-state index in [1.54, 1.807) is 6.08 Å². The van der Waals surface area contributed by atoms with Gasteiger partial charge in [0.25, 0.3) is 0 Å². The summed E-state index contributed by atoms with van der Waals surface area (Å²) in [5.74, 6) is 0. The van der Waals surface area contributed by atoms with Gasteiger partial charge < -0.3 is 5.32 Å². The van der Waals surface area contributed by atoms with E-state index in [1.165, 1.54) is 0 Å². The highest BCUT2D eigenvalue weighted by Crippen LogP contribution is 1.92. The Balaban J connectivity index is 3.08. The number of hydrogen-bond donors (Lipinski definition) is 1. The van der Waals surface area contributed by atoms with E-state index in [0.29, 0.717) is 6.54 Å². The predicted molar refractivity (Wildman–Crippen MR) is 41.4 cm³/mol. The van der Waals surface area contributed by atoms with Gasteiger partial charge in [0, 0.05) is 13.1 Å². The minimum Gasteiger partial charge on any atom is -0.311 e. The fourth-order valence-corrected chi connectivity index (χ4v) is 0.587. The summed E-state index contributed by atoms with van der Waals surface area (Å²) in [6.45, 7) is 4.95. The molecule has 0 fully saturated rings. The quantitative estimate of drug-likeness (QED) is 0.407. The third-order valence-corrected chi connectivity index (χ3v) is 1.28. The average Bonchev–Trinajstić information content (AvgIpc) is 1.89. The van der Waals surface area contributed by atoms with Crippen molar-refractivity contribution in [2.75, 3.05) is 13.1 Å². The number of nitrogens with zero attached hydrogens (tertiary/aromatic N) is 1. The standard InChI is InChI=1S/C6H9BrN2/c1-2-3-9-5-6(7)4-8/h2,6,9H,1,3,5H2. The first-order chi connectivity index (χ1) is 4.31. The summed E-state index contributed by atoms with van der Waals surface area (Å²) in [5, 5.41) is 11.3. The van der Waals surface area contributed by atoms with Gasteiger partial charge in [-0.05, 0) is 0 Å². The van der Waals surface area contributed by atoms with Crippen LogP contribution in [0.2, 0.25) is 0 Å². The van der Waals surface area contributed by atoms with E-state index in [0.717, 1.165) is 6.54 Å². The van der Waals surface area contributed by atoms with E-state index in [4.69, 9.17) is 5.26 Å². The summed E-state index contributed by atoms with van der Waals surface area (Å²) < 4.78 is 0. The number of alkyl halides is 1. The van der Waals surface area contributed by atoms with Gasteiger partial charge in [0.2, 0.25) is 0 Å². The van der Waals surface area contributed by atoms with Crippen LogP contribution in [0.5, 0.6) is 0 Å². The summed E-state index contributed by atoms with van der Waals surface area (Å²) in [4.78, 5) is -0.0857. The van der Waals surface area contributed by atoms with Gasteiger partial charge in [-0.25, -0.2) is 0 Å². The van der Waals surface area contributed by atoms with Gasteiger partial charge in [-0.3, -0.25) is 0 Å². The first-order valence-electron chi connectivity index (χ1n) is 2.66. The van der Waals surface area contributed by atoms with Crippen molar-refractivity contribution in [3.8, 4) is 6.07 Å². The Morgan fingerprint density at radius 2 is 2.56 bits per heavy atom. The fourth-order valence-electron chi connectivity index (χ4n) is 0.358. The van der Waals surface area contributed by atoms with E-state index in [-0.39, 0.29) is 4.83 Å². The van der Waals surface area contributed by atoms with Gasteiger partial charge in [-0.15, -0.1) is 6.58 Å². The molecule has 0 rings (SSSR count). The Morgan fingerprint density at radius 3 is 3.00 bits per heavy atom. The second-order valence-corrected chi connectivity index (χ2v) is 2.65. The Labute approximate surface area is 63.7 Å². The maximum absolute atomic E-state index is 8.27. The number of rotatable bonds is 4. The van der Waals surface area contributed by atoms with E-state index >= 15 is 0 Å². The van der Waals surface area contributed by atoms with Gasteiger partial charge in [-0.2, -0.15) is 5.26 Å². The molecule has 0 aliphatic heterocycles. The second kappa shape index (κ2) is 5.80. The summed E-state index contributed by atoms with van der Waals surface area (Å²) in [7, 11) is 0. The van der Waals surface area contributed by atoms with Crippen molar-refractivity contribution >= 4 is 15.9 Å². The molecule has 0 aromatic heterocycles. The molecule has 0 bridgehead atoms. The third-order valence-electron chi connectivity index (χ3n) is 0.752. The minimum absolute atomic E-state index is 0.0857. The molecule has 0 aromatic carbocycles. The average molecular weight is 189 g/mol. The van der Waals surface area contributed by atoms with Crippen molar-refractivity contribution in [2.24, 2.45) is 0 Å². The van der Waals surface area contributed by atoms with Crippen molar-refractivity contribution in [3.05, 3.63) is 12.7 Å². The van der Waals surface area contributed by atoms with Crippen LogP contribution in [0.15, 0.2) is 12.7 Å². The zero-order chi connectivity index (χ0) is 7.11. The second-order valence-electron chi connectivity index (χ2n) is 1.54. The molecule has 1 atom stereocenters. The van der Waals surface area contributed by atoms with Gasteiger partial charge in [0.1, 0.15) is 4.83 Å². The lowest BCUT2D eigenvalue weighted by Crippen LogP contribution is -2.21. The monoisotopic (exact) mass is 188 g/mol. The molecule has 0 radical (unpaired) electrons. The lowest BCUT2D eigenvalue weighted by molar-refractivity contribution is 0.775. The number of nitrogens with one attached hydrogen (secondary N) is 1. The van der Waals surface area contributed by atoms with Crippen molar-refractivity contribution in [1.29, 1.82) is 5.26 Å². The maximum atomic E-state index is 8.27. The van der Waals surface area contributed by atoms with Crippen LogP contribution in [0.25, 0.3) is 0 Å². The highest BCUT2D eigenvalue weighted by atomic mass is 79.9. The molecule has 0 heterocycles. The Hall–Kier alpha value is -0.330. The molecular weight excluding hydrogens is 180 g/mol. The molecule has 1 N–H and O–H groups in total. The fraction of sp³-hybridized carbons (Fsp3) is 0.500. The summed E-state index contributed by atoms with van der Waals surface area (Å²) in [6, 6.07) is 2.04. The van der Waals surface area contributed by atoms with Gasteiger partial charge >= 0.3 is 0 Å². The lowest BCUT2D eigenvalue weighted by Gasteiger charge is -1.98. The molecule has 0 amide bonds. The first kappa shape index (κ1) is 8.67. The molecule has 0 aromatic rings. The van der Waals surface area contributed by atoms with E-state index in [2.05, 4.69) is 27.8 Å². The van der Waals surface area contributed by atoms with Crippen LogP contribution in [0, 0.1) is 11.3 Å². The van der Waals surface area contributed by atoms with Gasteiger partial charge in [-0.1, -0.05) is 22.0 Å². The lowest BCUT2D eigenvalue weighted by atomic mass is 10.4. The summed E-state index contributed by atoms with van der Waals surface area (Å²) in [5.41, 5.74) is 0. The molecule has 3 heteroatoms. The van der Waals surface area contributed by atoms with Crippen molar-refractivity contribution in [2.45, 2.75) is 4.83 Å². The zero-order valence-corrected chi connectivity index (χ0v) is 6.69. The molecule has 50 valence electrons. The van der Waals surface area contributed by atoms with E-state index in [1.807, 2.05) is 6.07 Å². The predicted octanol–water partition coefficient (Wildman–Crippen LogP) is 1.05. The van der Waals surface area contributed by atoms with Crippen LogP contribution >= 0.6 is 15.9 Å². The van der Waals surface area contributed by atoms with Gasteiger partial charge in [0.05, 0.1) is 6.07 Å². The molecule has 9 heavy (non-hydrogen) atoms. The summed E-state index contributed by atoms with van der Waals surface area (Å²) in [6.07, 6.45) is 1.76. The molecule has 0 saturated heterocycles. The van der Waals surface area contributed by atoms with Crippen LogP contribution in [0.1, 0.15) is 0 Å². The molecule has 0 saturated carbocycles. The molecule has 0 spiro atoms. The number of nitriles is 1. The van der Waals surface area contributed by atoms with E-state index < -0.39 is 0 Å². The topological polar surface area (TPSA) is 35.8 Å². The Bertz CT molecular complexity index is 117. The molecule has 2 nitrogen and oxygen atoms in total. The van der Waals surface area contributed by atoms with Crippen LogP contribution in [0.3, 0.4) is 0 Å². The van der Waals surface area contributed by atoms with Crippen molar-refractivity contribution < 1.29 is 0 Å². The Kier molecular flexibility index (Phi) is 5.59. The highest BCUT2D eigenvalue weighted by Gasteiger charge is 1.96. The van der Waals surface area contributed by atoms with Crippen LogP contribution in [-0.2, 0) is 0 Å². The van der Waals surface area contributed by atoms with E-state index in [9.17, 15) is 0 Å². The SMILES string of the molecule is C=CCNCC(Br)C#N. The zero-order valence-electron chi connectivity index (χ0n) is 5.10. The maximum Gasteiger partial charge on any atom is 0.114 e. The summed E-state index contributed by atoms with van der Waals surface area (Å²) >= 11 is 3.15. The highest BCUT2D eigenvalue weighted by molar-refractivity contribution is 9.09. The molecule has 1 unspecified atom stereocenters. The first-order valence-corrected chi connectivity index (χ1v) is 3.58. The van der Waals surface area contributed by atoms with Crippen molar-refractivity contribution in [3.63, 3.8) is 0 Å². The normalized spacial score (nSPS) is 12.0. The van der Waals surface area contributed by atoms with Gasteiger partial charge in [0.15, 0.2) is 0 Å². The number of hydrogen-bond acceptors (Lipinski definition) is 2. The molecule has 0 aliphatic rings. The largest absolute Gasteiger partial charge is 0.311 e. The smallest absolute Gasteiger partial charge is 0.114 e. The number of halogens is 1. The van der Waals surface area contributed by atoms with Crippen LogP contribution in [-0.4, -0.2) is 17.9 Å². The molecule has 0 aliphatic carbocycles. The van der Waals surface area contributed by atoms with Crippen LogP contribution in [0.4, 0.5) is 0 Å².